The van der Waals surface area contributed by atoms with Gasteiger partial charge in [0.1, 0.15) is 0 Å². The maximum Gasteiger partial charge on any atom is 0.0317 e. The van der Waals surface area contributed by atoms with Crippen molar-refractivity contribution in [3.05, 3.63) is 29.8 Å². The van der Waals surface area contributed by atoms with Gasteiger partial charge in [0.15, 0.2) is 0 Å². The van der Waals surface area contributed by atoms with Crippen LogP contribution in [0.25, 0.3) is 0 Å². The van der Waals surface area contributed by atoms with Gasteiger partial charge in [0.2, 0.25) is 0 Å². The Hall–Kier alpha value is -1.02. The molecule has 0 fully saturated rings. The zero-order valence-electron chi connectivity index (χ0n) is 13.4. The minimum absolute atomic E-state index is 0.864. The summed E-state index contributed by atoms with van der Waals surface area (Å²) in [6, 6.07) is 8.21. The topological polar surface area (TPSA) is 29.3 Å². The molecule has 2 heteroatoms. The number of benzene rings is 1. The van der Waals surface area contributed by atoms with E-state index in [1.54, 1.807) is 0 Å². The highest BCUT2D eigenvalue weighted by Crippen LogP contribution is 2.11. The first-order chi connectivity index (χ1) is 9.72. The van der Waals surface area contributed by atoms with Crippen molar-refractivity contribution in [1.82, 2.24) is 4.90 Å². The van der Waals surface area contributed by atoms with Gasteiger partial charge < -0.3 is 10.6 Å². The van der Waals surface area contributed by atoms with Crippen molar-refractivity contribution in [3.63, 3.8) is 0 Å². The van der Waals surface area contributed by atoms with Crippen LogP contribution in [0.5, 0.6) is 0 Å². The van der Waals surface area contributed by atoms with Crippen molar-refractivity contribution in [2.45, 2.75) is 64.8 Å². The minimum atomic E-state index is 0.864. The molecular formula is C18H32N2. The second kappa shape index (κ2) is 10.7. The van der Waals surface area contributed by atoms with E-state index in [-0.39, 0.29) is 0 Å². The van der Waals surface area contributed by atoms with E-state index in [1.165, 1.54) is 63.5 Å². The van der Waals surface area contributed by atoms with Crippen molar-refractivity contribution in [2.24, 2.45) is 0 Å². The molecule has 1 aromatic carbocycles. The van der Waals surface area contributed by atoms with Crippen LogP contribution in [0.1, 0.15) is 63.9 Å². The fourth-order valence-electron chi connectivity index (χ4n) is 2.60. The highest BCUT2D eigenvalue weighted by atomic mass is 15.1. The summed E-state index contributed by atoms with van der Waals surface area (Å²) in [5.41, 5.74) is 7.98. The first-order valence-electron chi connectivity index (χ1n) is 8.25. The molecule has 0 heterocycles. The van der Waals surface area contributed by atoms with Crippen LogP contribution in [0.15, 0.2) is 24.3 Å². The van der Waals surface area contributed by atoms with E-state index >= 15 is 0 Å². The second-order valence-corrected chi connectivity index (χ2v) is 5.96. The number of hydrogen-bond donors (Lipinski definition) is 1. The lowest BCUT2D eigenvalue weighted by Crippen LogP contribution is -2.19. The number of rotatable bonds is 11. The third-order valence-electron chi connectivity index (χ3n) is 3.80. The number of hydrogen-bond acceptors (Lipinski definition) is 2. The minimum Gasteiger partial charge on any atom is -0.399 e. The Morgan fingerprint density at radius 1 is 0.950 bits per heavy atom. The maximum atomic E-state index is 5.81. The summed E-state index contributed by atoms with van der Waals surface area (Å²) in [6.07, 6.45) is 11.1. The number of unbranched alkanes of at least 4 members (excludes halogenated alkanes) is 7. The van der Waals surface area contributed by atoms with Crippen molar-refractivity contribution in [1.29, 1.82) is 0 Å². The molecule has 0 atom stereocenters. The molecule has 20 heavy (non-hydrogen) atoms. The summed E-state index contributed by atoms with van der Waals surface area (Å²) < 4.78 is 0. The summed E-state index contributed by atoms with van der Waals surface area (Å²) >= 11 is 0. The molecule has 0 aliphatic heterocycles. The van der Waals surface area contributed by atoms with Crippen molar-refractivity contribution in [2.75, 3.05) is 19.3 Å². The Labute approximate surface area is 125 Å². The van der Waals surface area contributed by atoms with Gasteiger partial charge in [0.25, 0.3) is 0 Å². The Kier molecular flexibility index (Phi) is 9.14. The lowest BCUT2D eigenvalue weighted by molar-refractivity contribution is 0.316. The van der Waals surface area contributed by atoms with Crippen LogP contribution in [-0.2, 0) is 6.54 Å². The molecule has 0 radical (unpaired) electrons. The van der Waals surface area contributed by atoms with E-state index in [9.17, 15) is 0 Å². The van der Waals surface area contributed by atoms with Crippen LogP contribution in [0.3, 0.4) is 0 Å². The smallest absolute Gasteiger partial charge is 0.0317 e. The monoisotopic (exact) mass is 276 g/mol. The first-order valence-corrected chi connectivity index (χ1v) is 8.25. The van der Waals surface area contributed by atoms with Gasteiger partial charge in [-0.1, -0.05) is 64.0 Å². The molecule has 2 N–H and O–H groups in total. The quantitative estimate of drug-likeness (QED) is 0.463. The van der Waals surface area contributed by atoms with Crippen LogP contribution >= 0.6 is 0 Å². The molecule has 0 saturated heterocycles. The molecule has 0 spiro atoms. The van der Waals surface area contributed by atoms with Crippen molar-refractivity contribution in [3.8, 4) is 0 Å². The predicted molar refractivity (Wildman–Crippen MR) is 89.8 cm³/mol. The van der Waals surface area contributed by atoms with E-state index in [0.717, 1.165) is 12.2 Å². The van der Waals surface area contributed by atoms with E-state index in [1.807, 2.05) is 12.1 Å². The van der Waals surface area contributed by atoms with Gasteiger partial charge in [-0.25, -0.2) is 0 Å². The second-order valence-electron chi connectivity index (χ2n) is 5.96. The number of nitrogens with zero attached hydrogens (tertiary/aromatic N) is 1. The average molecular weight is 276 g/mol. The lowest BCUT2D eigenvalue weighted by Gasteiger charge is -2.16. The Morgan fingerprint density at radius 2 is 1.60 bits per heavy atom. The summed E-state index contributed by atoms with van der Waals surface area (Å²) in [7, 11) is 2.20. The molecule has 114 valence electrons. The average Bonchev–Trinajstić information content (AvgIpc) is 2.42. The number of anilines is 1. The zero-order chi connectivity index (χ0) is 14.6. The Balaban J connectivity index is 2.01. The molecule has 0 aliphatic carbocycles. The van der Waals surface area contributed by atoms with Gasteiger partial charge in [-0.15, -0.1) is 0 Å². The lowest BCUT2D eigenvalue weighted by atomic mass is 10.1. The first kappa shape index (κ1) is 17.0. The van der Waals surface area contributed by atoms with Crippen molar-refractivity contribution >= 4 is 5.69 Å². The zero-order valence-corrected chi connectivity index (χ0v) is 13.4. The molecule has 0 aliphatic rings. The van der Waals surface area contributed by atoms with Gasteiger partial charge >= 0.3 is 0 Å². The molecule has 0 bridgehead atoms. The summed E-state index contributed by atoms with van der Waals surface area (Å²) in [6.45, 7) is 4.46. The van der Waals surface area contributed by atoms with Gasteiger partial charge in [0, 0.05) is 12.2 Å². The highest BCUT2D eigenvalue weighted by Gasteiger charge is 2.00. The van der Waals surface area contributed by atoms with Gasteiger partial charge in [-0.2, -0.15) is 0 Å². The predicted octanol–water partition coefficient (Wildman–Crippen LogP) is 4.84. The maximum absolute atomic E-state index is 5.81. The Morgan fingerprint density at radius 3 is 2.25 bits per heavy atom. The third-order valence-corrected chi connectivity index (χ3v) is 3.80. The SMILES string of the molecule is CCCCCCCCCCN(C)Cc1cccc(N)c1. The largest absolute Gasteiger partial charge is 0.399 e. The van der Waals surface area contributed by atoms with Gasteiger partial charge in [-0.3, -0.25) is 0 Å². The molecular weight excluding hydrogens is 244 g/mol. The normalized spacial score (nSPS) is 11.2. The van der Waals surface area contributed by atoms with E-state index in [2.05, 4.69) is 31.0 Å². The van der Waals surface area contributed by atoms with E-state index in [0.29, 0.717) is 0 Å². The van der Waals surface area contributed by atoms with Crippen LogP contribution < -0.4 is 5.73 Å². The molecule has 0 amide bonds. The van der Waals surface area contributed by atoms with Crippen LogP contribution in [0.2, 0.25) is 0 Å². The highest BCUT2D eigenvalue weighted by molar-refractivity contribution is 5.40. The molecule has 1 rings (SSSR count). The number of nitrogen functional groups attached to an aromatic ring is 1. The number of nitrogens with two attached hydrogens (primary N) is 1. The van der Waals surface area contributed by atoms with Crippen LogP contribution in [0.4, 0.5) is 5.69 Å². The standard InChI is InChI=1S/C18H32N2/c1-3-4-5-6-7-8-9-10-14-20(2)16-17-12-11-13-18(19)15-17/h11-13,15H,3-10,14,16,19H2,1-2H3. The van der Waals surface area contributed by atoms with Gasteiger partial charge in [0.05, 0.1) is 0 Å². The van der Waals surface area contributed by atoms with Gasteiger partial charge in [-0.05, 0) is 37.7 Å². The fraction of sp³-hybridized carbons (Fsp3) is 0.667. The molecule has 2 nitrogen and oxygen atoms in total. The third kappa shape index (κ3) is 8.21. The van der Waals surface area contributed by atoms with Crippen LogP contribution in [-0.4, -0.2) is 18.5 Å². The van der Waals surface area contributed by atoms with E-state index < -0.39 is 0 Å². The molecule has 0 aromatic heterocycles. The van der Waals surface area contributed by atoms with E-state index in [4.69, 9.17) is 5.73 Å². The molecule has 0 saturated carbocycles. The Bertz CT molecular complexity index is 349. The molecule has 1 aromatic rings. The van der Waals surface area contributed by atoms with Crippen LogP contribution in [0, 0.1) is 0 Å². The summed E-state index contributed by atoms with van der Waals surface area (Å²) in [4.78, 5) is 2.39. The fourth-order valence-corrected chi connectivity index (χ4v) is 2.60. The van der Waals surface area contributed by atoms with Crippen molar-refractivity contribution < 1.29 is 0 Å². The summed E-state index contributed by atoms with van der Waals surface area (Å²) in [5.74, 6) is 0. The summed E-state index contributed by atoms with van der Waals surface area (Å²) in [5, 5.41) is 0. The molecule has 0 unspecified atom stereocenters.